The molecule has 0 bridgehead atoms. The van der Waals surface area contributed by atoms with Crippen LogP contribution in [-0.2, 0) is 0 Å². The highest BCUT2D eigenvalue weighted by atomic mass is 79.9. The highest BCUT2D eigenvalue weighted by molar-refractivity contribution is 9.09. The fraction of sp³-hybridized carbons (Fsp3) is 0.417. The molecule has 0 saturated heterocycles. The number of phenols is 2. The van der Waals surface area contributed by atoms with Crippen molar-refractivity contribution < 1.29 is 15.0 Å². The number of hydrogen-bond donors (Lipinski definition) is 2. The fourth-order valence-electron chi connectivity index (χ4n) is 1.54. The lowest BCUT2D eigenvalue weighted by molar-refractivity contribution is 0.0716. The van der Waals surface area contributed by atoms with Crippen LogP contribution in [0.15, 0.2) is 18.2 Å². The van der Waals surface area contributed by atoms with Gasteiger partial charge in [-0.3, -0.25) is 4.79 Å². The van der Waals surface area contributed by atoms with Gasteiger partial charge in [-0.25, -0.2) is 0 Å². The first-order valence-electron chi connectivity index (χ1n) is 5.36. The third-order valence-electron chi connectivity index (χ3n) is 2.42. The molecule has 0 spiro atoms. The highest BCUT2D eigenvalue weighted by Crippen LogP contribution is 2.24. The SMILES string of the molecule is CC(C)N(CCBr)C(=O)c1ccc(O)cc1O. The molecule has 2 N–H and O–H groups in total. The van der Waals surface area contributed by atoms with Crippen LogP contribution >= 0.6 is 15.9 Å². The summed E-state index contributed by atoms with van der Waals surface area (Å²) in [6.45, 7) is 4.40. The van der Waals surface area contributed by atoms with Gasteiger partial charge in [0.25, 0.3) is 5.91 Å². The van der Waals surface area contributed by atoms with E-state index in [0.29, 0.717) is 11.9 Å². The number of halogens is 1. The van der Waals surface area contributed by atoms with E-state index in [1.54, 1.807) is 4.90 Å². The summed E-state index contributed by atoms with van der Waals surface area (Å²) in [6, 6.07) is 4.03. The number of aromatic hydroxyl groups is 2. The predicted molar refractivity (Wildman–Crippen MR) is 69.7 cm³/mol. The van der Waals surface area contributed by atoms with Gasteiger partial charge >= 0.3 is 0 Å². The van der Waals surface area contributed by atoms with Crippen molar-refractivity contribution >= 4 is 21.8 Å². The van der Waals surface area contributed by atoms with E-state index in [2.05, 4.69) is 15.9 Å². The third kappa shape index (κ3) is 3.36. The van der Waals surface area contributed by atoms with E-state index in [9.17, 15) is 15.0 Å². The molecule has 94 valence electrons. The van der Waals surface area contributed by atoms with Crippen LogP contribution in [0.1, 0.15) is 24.2 Å². The molecule has 0 aliphatic rings. The lowest BCUT2D eigenvalue weighted by Gasteiger charge is -2.26. The van der Waals surface area contributed by atoms with Gasteiger partial charge in [-0.05, 0) is 26.0 Å². The standard InChI is InChI=1S/C12H16BrNO3/c1-8(2)14(6-5-13)12(17)10-4-3-9(15)7-11(10)16/h3-4,7-8,15-16H,5-6H2,1-2H3. The second-order valence-corrected chi connectivity index (χ2v) is 4.78. The van der Waals surface area contributed by atoms with Crippen LogP contribution in [0.25, 0.3) is 0 Å². The zero-order valence-corrected chi connectivity index (χ0v) is 11.4. The molecular formula is C12H16BrNO3. The Balaban J connectivity index is 3.01. The molecule has 0 aliphatic carbocycles. The highest BCUT2D eigenvalue weighted by Gasteiger charge is 2.20. The lowest BCUT2D eigenvalue weighted by atomic mass is 10.1. The van der Waals surface area contributed by atoms with Crippen molar-refractivity contribution in [1.82, 2.24) is 4.90 Å². The van der Waals surface area contributed by atoms with E-state index in [0.717, 1.165) is 0 Å². The molecule has 5 heteroatoms. The number of carbonyl (C=O) groups is 1. The van der Waals surface area contributed by atoms with E-state index in [4.69, 9.17) is 0 Å². The van der Waals surface area contributed by atoms with Crippen LogP contribution in [0, 0.1) is 0 Å². The normalized spacial score (nSPS) is 10.6. The maximum absolute atomic E-state index is 12.2. The molecule has 0 saturated carbocycles. The van der Waals surface area contributed by atoms with Crippen LogP contribution < -0.4 is 0 Å². The fourth-order valence-corrected chi connectivity index (χ4v) is 1.92. The largest absolute Gasteiger partial charge is 0.508 e. The average Bonchev–Trinajstić information content (AvgIpc) is 2.24. The van der Waals surface area contributed by atoms with E-state index in [1.165, 1.54) is 18.2 Å². The number of phenolic OH excluding ortho intramolecular Hbond substituents is 2. The quantitative estimate of drug-likeness (QED) is 0.839. The first-order valence-corrected chi connectivity index (χ1v) is 6.48. The smallest absolute Gasteiger partial charge is 0.257 e. The van der Waals surface area contributed by atoms with E-state index in [-0.39, 0.29) is 29.0 Å². The third-order valence-corrected chi connectivity index (χ3v) is 2.78. The number of alkyl halides is 1. The molecule has 0 atom stereocenters. The Morgan fingerprint density at radius 3 is 2.53 bits per heavy atom. The van der Waals surface area contributed by atoms with Crippen molar-refractivity contribution in [2.75, 3.05) is 11.9 Å². The molecule has 0 unspecified atom stereocenters. The summed E-state index contributed by atoms with van der Waals surface area (Å²) in [5, 5.41) is 19.5. The van der Waals surface area contributed by atoms with Gasteiger partial charge in [-0.15, -0.1) is 0 Å². The van der Waals surface area contributed by atoms with Gasteiger partial charge in [0.2, 0.25) is 0 Å². The van der Waals surface area contributed by atoms with Crippen LogP contribution in [0.4, 0.5) is 0 Å². The topological polar surface area (TPSA) is 60.8 Å². The first-order chi connectivity index (χ1) is 7.97. The lowest BCUT2D eigenvalue weighted by Crippen LogP contribution is -2.38. The van der Waals surface area contributed by atoms with Gasteiger partial charge in [0.1, 0.15) is 11.5 Å². The maximum Gasteiger partial charge on any atom is 0.257 e. The molecule has 4 nitrogen and oxygen atoms in total. The molecule has 1 rings (SSSR count). The number of hydrogen-bond acceptors (Lipinski definition) is 3. The van der Waals surface area contributed by atoms with Gasteiger partial charge in [0.15, 0.2) is 0 Å². The van der Waals surface area contributed by atoms with Crippen LogP contribution in [-0.4, -0.2) is 38.9 Å². The minimum atomic E-state index is -0.239. The minimum absolute atomic E-state index is 0.0493. The molecule has 1 aromatic carbocycles. The molecule has 0 fully saturated rings. The van der Waals surface area contributed by atoms with Gasteiger partial charge in [-0.1, -0.05) is 15.9 Å². The van der Waals surface area contributed by atoms with Crippen LogP contribution in [0.5, 0.6) is 11.5 Å². The van der Waals surface area contributed by atoms with Crippen LogP contribution in [0.3, 0.4) is 0 Å². The molecular weight excluding hydrogens is 286 g/mol. The first kappa shape index (κ1) is 13.8. The Bertz CT molecular complexity index is 407. The number of amides is 1. The summed E-state index contributed by atoms with van der Waals surface area (Å²) in [7, 11) is 0. The summed E-state index contributed by atoms with van der Waals surface area (Å²) in [5.41, 5.74) is 0.206. The average molecular weight is 302 g/mol. The Labute approximate surface area is 109 Å². The minimum Gasteiger partial charge on any atom is -0.508 e. The van der Waals surface area contributed by atoms with Crippen molar-refractivity contribution in [3.63, 3.8) is 0 Å². The van der Waals surface area contributed by atoms with Gasteiger partial charge in [0, 0.05) is 24.0 Å². The molecule has 0 heterocycles. The zero-order chi connectivity index (χ0) is 13.0. The molecule has 17 heavy (non-hydrogen) atoms. The van der Waals surface area contributed by atoms with E-state index < -0.39 is 0 Å². The number of rotatable bonds is 4. The van der Waals surface area contributed by atoms with Crippen molar-refractivity contribution in [3.05, 3.63) is 23.8 Å². The Morgan fingerprint density at radius 1 is 1.41 bits per heavy atom. The number of nitrogens with zero attached hydrogens (tertiary/aromatic N) is 1. The monoisotopic (exact) mass is 301 g/mol. The van der Waals surface area contributed by atoms with Crippen LogP contribution in [0.2, 0.25) is 0 Å². The zero-order valence-electron chi connectivity index (χ0n) is 9.85. The predicted octanol–water partition coefficient (Wildman–Crippen LogP) is 2.34. The summed E-state index contributed by atoms with van der Waals surface area (Å²) in [5.74, 6) is -0.497. The molecule has 0 aromatic heterocycles. The second kappa shape index (κ2) is 5.91. The van der Waals surface area contributed by atoms with E-state index in [1.807, 2.05) is 13.8 Å². The summed E-state index contributed by atoms with van der Waals surface area (Å²) in [6.07, 6.45) is 0. The number of benzene rings is 1. The summed E-state index contributed by atoms with van der Waals surface area (Å²) >= 11 is 3.29. The van der Waals surface area contributed by atoms with Gasteiger partial charge < -0.3 is 15.1 Å². The molecule has 0 aliphatic heterocycles. The summed E-state index contributed by atoms with van der Waals surface area (Å²) < 4.78 is 0. The van der Waals surface area contributed by atoms with E-state index >= 15 is 0 Å². The van der Waals surface area contributed by atoms with Gasteiger partial charge in [-0.2, -0.15) is 0 Å². The van der Waals surface area contributed by atoms with Crippen molar-refractivity contribution in [1.29, 1.82) is 0 Å². The number of carbonyl (C=O) groups excluding carboxylic acids is 1. The van der Waals surface area contributed by atoms with Crippen molar-refractivity contribution in [3.8, 4) is 11.5 Å². The molecule has 0 radical (unpaired) electrons. The molecule has 1 amide bonds. The second-order valence-electron chi connectivity index (χ2n) is 3.98. The van der Waals surface area contributed by atoms with Gasteiger partial charge in [0.05, 0.1) is 5.56 Å². The summed E-state index contributed by atoms with van der Waals surface area (Å²) in [4.78, 5) is 13.8. The molecule has 1 aromatic rings. The Hall–Kier alpha value is -1.23. The Morgan fingerprint density at radius 2 is 2.06 bits per heavy atom. The van der Waals surface area contributed by atoms with Crippen molar-refractivity contribution in [2.45, 2.75) is 19.9 Å². The maximum atomic E-state index is 12.2. The Kier molecular flexibility index (Phi) is 4.81. The van der Waals surface area contributed by atoms with Crippen molar-refractivity contribution in [2.24, 2.45) is 0 Å².